The third-order valence-corrected chi connectivity index (χ3v) is 7.35. The fourth-order valence-corrected chi connectivity index (χ4v) is 5.42. The highest BCUT2D eigenvalue weighted by Crippen LogP contribution is 2.36. The van der Waals surface area contributed by atoms with Gasteiger partial charge in [0, 0.05) is 50.9 Å². The number of aromatic nitrogens is 1. The van der Waals surface area contributed by atoms with Gasteiger partial charge in [0.05, 0.1) is 16.4 Å². The first-order chi connectivity index (χ1) is 17.3. The average Bonchev–Trinajstić information content (AvgIpc) is 3.33. The summed E-state index contributed by atoms with van der Waals surface area (Å²) in [4.78, 5) is 37.9. The highest BCUT2D eigenvalue weighted by molar-refractivity contribution is 8.18. The molecule has 36 heavy (non-hydrogen) atoms. The molecular formula is C26H17Cl2N3O4S. The van der Waals surface area contributed by atoms with Crippen LogP contribution in [-0.2, 0) is 17.9 Å². The Morgan fingerprint density at radius 2 is 1.69 bits per heavy atom. The van der Waals surface area contributed by atoms with Crippen LogP contribution in [0, 0.1) is 10.1 Å². The van der Waals surface area contributed by atoms with Crippen molar-refractivity contribution in [3.8, 4) is 0 Å². The van der Waals surface area contributed by atoms with E-state index in [-0.39, 0.29) is 17.1 Å². The smallest absolute Gasteiger partial charge is 0.293 e. The Kier molecular flexibility index (Phi) is 6.57. The molecule has 0 aliphatic carbocycles. The van der Waals surface area contributed by atoms with Gasteiger partial charge < -0.3 is 4.57 Å². The zero-order valence-corrected chi connectivity index (χ0v) is 20.9. The van der Waals surface area contributed by atoms with Gasteiger partial charge in [-0.05, 0) is 41.6 Å². The Labute approximate surface area is 220 Å². The highest BCUT2D eigenvalue weighted by Gasteiger charge is 2.36. The van der Waals surface area contributed by atoms with E-state index >= 15 is 0 Å². The molecule has 0 spiro atoms. The molecule has 1 fully saturated rings. The summed E-state index contributed by atoms with van der Waals surface area (Å²) in [5.41, 5.74) is 2.76. The number of carbonyl (C=O) groups excluding carboxylic acids is 2. The summed E-state index contributed by atoms with van der Waals surface area (Å²) in [6.45, 7) is 0.319. The first-order valence-corrected chi connectivity index (χ1v) is 12.4. The number of hydrogen-bond donors (Lipinski definition) is 0. The zero-order valence-electron chi connectivity index (χ0n) is 18.6. The van der Waals surface area contributed by atoms with Crippen molar-refractivity contribution in [2.45, 2.75) is 13.1 Å². The van der Waals surface area contributed by atoms with Crippen LogP contribution >= 0.6 is 35.0 Å². The molecule has 2 amide bonds. The Hall–Kier alpha value is -3.59. The number of nitro groups is 1. The molecule has 10 heteroatoms. The van der Waals surface area contributed by atoms with Gasteiger partial charge >= 0.3 is 0 Å². The molecule has 1 aromatic heterocycles. The molecule has 4 aromatic rings. The van der Waals surface area contributed by atoms with Gasteiger partial charge in [0.15, 0.2) is 0 Å². The molecule has 0 atom stereocenters. The van der Waals surface area contributed by atoms with Crippen LogP contribution < -0.4 is 0 Å². The molecule has 7 nitrogen and oxygen atoms in total. The Morgan fingerprint density at radius 1 is 0.944 bits per heavy atom. The van der Waals surface area contributed by atoms with Crippen molar-refractivity contribution in [1.82, 2.24) is 9.47 Å². The minimum atomic E-state index is -0.522. The molecule has 2 heterocycles. The topological polar surface area (TPSA) is 85.5 Å². The molecule has 1 saturated heterocycles. The van der Waals surface area contributed by atoms with Crippen molar-refractivity contribution in [2.75, 3.05) is 0 Å². The number of thioether (sulfide) groups is 1. The number of amides is 2. The van der Waals surface area contributed by atoms with Crippen LogP contribution in [0.15, 0.2) is 77.8 Å². The molecule has 5 rings (SSSR count). The number of rotatable bonds is 6. The van der Waals surface area contributed by atoms with E-state index in [2.05, 4.69) is 0 Å². The largest absolute Gasteiger partial charge is 0.342 e. The second-order valence-electron chi connectivity index (χ2n) is 8.12. The maximum atomic E-state index is 13.1. The third-order valence-electron chi connectivity index (χ3n) is 5.85. The normalized spacial score (nSPS) is 14.8. The van der Waals surface area contributed by atoms with Gasteiger partial charge in [-0.15, -0.1) is 0 Å². The average molecular weight is 538 g/mol. The maximum Gasteiger partial charge on any atom is 0.293 e. The number of halogens is 2. The summed E-state index contributed by atoms with van der Waals surface area (Å²) in [7, 11) is 0. The number of nitro benzene ring substituents is 1. The Balaban J connectivity index is 1.47. The summed E-state index contributed by atoms with van der Waals surface area (Å²) >= 11 is 13.2. The van der Waals surface area contributed by atoms with E-state index < -0.39 is 16.1 Å². The molecule has 0 unspecified atom stereocenters. The first-order valence-electron chi connectivity index (χ1n) is 10.8. The lowest BCUT2D eigenvalue weighted by atomic mass is 10.1. The minimum Gasteiger partial charge on any atom is -0.342 e. The number of para-hydroxylation sites is 2. The number of carbonyl (C=O) groups is 2. The van der Waals surface area contributed by atoms with Gasteiger partial charge in [-0.25, -0.2) is 0 Å². The van der Waals surface area contributed by atoms with Crippen molar-refractivity contribution in [3.63, 3.8) is 0 Å². The SMILES string of the molecule is O=C1SC(=Cc2cn(Cc3ccc(Cl)cc3Cl)c3ccccc23)C(=O)N1Cc1ccccc1[N+](=O)[O-]. The Morgan fingerprint density at radius 3 is 2.47 bits per heavy atom. The standard InChI is InChI=1S/C26H17Cl2N3O4S/c27-19-10-9-16(21(28)12-19)13-29-14-18(20-6-2-4-8-23(20)29)11-24-25(32)30(26(33)36-24)15-17-5-1-3-7-22(17)31(34)35/h1-12,14H,13,15H2. The van der Waals surface area contributed by atoms with Crippen LogP contribution in [0.3, 0.4) is 0 Å². The predicted molar refractivity (Wildman–Crippen MR) is 142 cm³/mol. The molecule has 0 radical (unpaired) electrons. The van der Waals surface area contributed by atoms with Crippen molar-refractivity contribution < 1.29 is 14.5 Å². The summed E-state index contributed by atoms with van der Waals surface area (Å²) in [5, 5.41) is 12.9. The van der Waals surface area contributed by atoms with Crippen molar-refractivity contribution >= 4 is 68.8 Å². The molecule has 3 aromatic carbocycles. The molecule has 1 aliphatic rings. The fraction of sp³-hybridized carbons (Fsp3) is 0.0769. The molecule has 0 saturated carbocycles. The van der Waals surface area contributed by atoms with E-state index in [0.29, 0.717) is 22.2 Å². The molecule has 1 aliphatic heterocycles. The van der Waals surface area contributed by atoms with Gasteiger partial charge in [0.1, 0.15) is 0 Å². The van der Waals surface area contributed by atoms with E-state index in [9.17, 15) is 19.7 Å². The van der Waals surface area contributed by atoms with E-state index in [0.717, 1.165) is 38.7 Å². The minimum absolute atomic E-state index is 0.135. The molecule has 180 valence electrons. The van der Waals surface area contributed by atoms with E-state index in [4.69, 9.17) is 23.2 Å². The molecule has 0 N–H and O–H groups in total. The van der Waals surface area contributed by atoms with Crippen molar-refractivity contribution in [3.05, 3.63) is 115 Å². The molecule has 0 bridgehead atoms. The molecular weight excluding hydrogens is 521 g/mol. The van der Waals surface area contributed by atoms with Crippen LogP contribution in [0.2, 0.25) is 10.0 Å². The van der Waals surface area contributed by atoms with Gasteiger partial charge in [-0.2, -0.15) is 0 Å². The van der Waals surface area contributed by atoms with Gasteiger partial charge in [-0.3, -0.25) is 24.6 Å². The lowest BCUT2D eigenvalue weighted by Crippen LogP contribution is -2.27. The quantitative estimate of drug-likeness (QED) is 0.148. The fourth-order valence-electron chi connectivity index (χ4n) is 4.12. The Bertz CT molecular complexity index is 1580. The van der Waals surface area contributed by atoms with Gasteiger partial charge in [0.2, 0.25) is 0 Å². The second kappa shape index (κ2) is 9.81. The van der Waals surface area contributed by atoms with E-state index in [1.54, 1.807) is 36.4 Å². The summed E-state index contributed by atoms with van der Waals surface area (Å²) in [6, 6.07) is 19.2. The third kappa shape index (κ3) is 4.63. The lowest BCUT2D eigenvalue weighted by molar-refractivity contribution is -0.385. The lowest BCUT2D eigenvalue weighted by Gasteiger charge is -2.12. The van der Waals surface area contributed by atoms with Crippen LogP contribution in [0.5, 0.6) is 0 Å². The summed E-state index contributed by atoms with van der Waals surface area (Å²) in [5.74, 6) is -0.485. The summed E-state index contributed by atoms with van der Waals surface area (Å²) < 4.78 is 2.02. The van der Waals surface area contributed by atoms with Crippen LogP contribution in [0.4, 0.5) is 10.5 Å². The second-order valence-corrected chi connectivity index (χ2v) is 9.96. The number of nitrogens with zero attached hydrogens (tertiary/aromatic N) is 3. The van der Waals surface area contributed by atoms with Crippen molar-refractivity contribution in [1.29, 1.82) is 0 Å². The van der Waals surface area contributed by atoms with Crippen LogP contribution in [-0.4, -0.2) is 25.5 Å². The first kappa shape index (κ1) is 24.1. The zero-order chi connectivity index (χ0) is 25.4. The number of benzene rings is 3. The maximum absolute atomic E-state index is 13.1. The van der Waals surface area contributed by atoms with Gasteiger partial charge in [-0.1, -0.05) is 65.7 Å². The van der Waals surface area contributed by atoms with Crippen molar-refractivity contribution in [2.24, 2.45) is 0 Å². The number of hydrogen-bond acceptors (Lipinski definition) is 5. The van der Waals surface area contributed by atoms with E-state index in [1.807, 2.05) is 41.1 Å². The highest BCUT2D eigenvalue weighted by atomic mass is 35.5. The number of fused-ring (bicyclic) bond motifs is 1. The van der Waals surface area contributed by atoms with E-state index in [1.165, 1.54) is 6.07 Å². The van der Waals surface area contributed by atoms with Crippen LogP contribution in [0.1, 0.15) is 16.7 Å². The summed E-state index contributed by atoms with van der Waals surface area (Å²) in [6.07, 6.45) is 3.60. The van der Waals surface area contributed by atoms with Gasteiger partial charge in [0.25, 0.3) is 16.8 Å². The monoisotopic (exact) mass is 537 g/mol. The van der Waals surface area contributed by atoms with Crippen LogP contribution in [0.25, 0.3) is 17.0 Å². The predicted octanol–water partition coefficient (Wildman–Crippen LogP) is 7.14. The number of imide groups is 1.